The molecule has 1 N–H and O–H groups in total. The summed E-state index contributed by atoms with van der Waals surface area (Å²) < 4.78 is 0. The summed E-state index contributed by atoms with van der Waals surface area (Å²) in [5, 5.41) is 12.7. The molecule has 0 atom stereocenters. The lowest BCUT2D eigenvalue weighted by Crippen LogP contribution is -1.82. The van der Waals surface area contributed by atoms with Gasteiger partial charge in [0.25, 0.3) is 0 Å². The summed E-state index contributed by atoms with van der Waals surface area (Å²) in [4.78, 5) is 0. The molecule has 0 unspecified atom stereocenters. The first-order valence-electron chi connectivity index (χ1n) is 5.73. The van der Waals surface area contributed by atoms with Crippen LogP contribution in [0.2, 0.25) is 5.02 Å². The summed E-state index contributed by atoms with van der Waals surface area (Å²) in [6, 6.07) is 19.1. The quantitative estimate of drug-likeness (QED) is 0.657. The van der Waals surface area contributed by atoms with Gasteiger partial charge in [-0.05, 0) is 23.1 Å². The van der Waals surface area contributed by atoms with Gasteiger partial charge in [0.15, 0.2) is 0 Å². The molecule has 0 saturated heterocycles. The molecule has 1 nitrogen and oxygen atoms in total. The molecule has 18 heavy (non-hydrogen) atoms. The van der Waals surface area contributed by atoms with E-state index in [4.69, 9.17) is 11.6 Å². The summed E-state index contributed by atoms with van der Waals surface area (Å²) in [5.74, 6) is 0.282. The molecule has 88 valence electrons. The molecule has 0 aliphatic rings. The van der Waals surface area contributed by atoms with Crippen LogP contribution >= 0.6 is 11.6 Å². The second-order valence-electron chi connectivity index (χ2n) is 4.16. The highest BCUT2D eigenvalue weighted by atomic mass is 35.5. The van der Waals surface area contributed by atoms with Crippen LogP contribution < -0.4 is 0 Å². The van der Waals surface area contributed by atoms with Gasteiger partial charge < -0.3 is 5.11 Å². The second kappa shape index (κ2) is 4.35. The van der Waals surface area contributed by atoms with Crippen LogP contribution in [-0.4, -0.2) is 5.11 Å². The number of halogens is 1. The number of fused-ring (bicyclic) bond motifs is 1. The molecule has 0 heterocycles. The fraction of sp³-hybridized carbons (Fsp3) is 0. The van der Waals surface area contributed by atoms with Crippen LogP contribution in [0.5, 0.6) is 5.75 Å². The van der Waals surface area contributed by atoms with Crippen molar-refractivity contribution in [2.24, 2.45) is 0 Å². The first kappa shape index (κ1) is 11.1. The van der Waals surface area contributed by atoms with Gasteiger partial charge in [0, 0.05) is 16.0 Å². The summed E-state index contributed by atoms with van der Waals surface area (Å²) >= 11 is 6.19. The monoisotopic (exact) mass is 254 g/mol. The third kappa shape index (κ3) is 1.73. The first-order chi connectivity index (χ1) is 8.77. The molecule has 0 amide bonds. The van der Waals surface area contributed by atoms with Crippen LogP contribution in [-0.2, 0) is 0 Å². The minimum absolute atomic E-state index is 0.282. The highest BCUT2D eigenvalue weighted by Crippen LogP contribution is 2.36. The Morgan fingerprint density at radius 3 is 2.17 bits per heavy atom. The maximum absolute atomic E-state index is 9.96. The molecule has 3 aromatic rings. The number of phenolic OH excluding ortho intramolecular Hbond substituents is 1. The first-order valence-corrected chi connectivity index (χ1v) is 6.11. The predicted octanol–water partition coefficient (Wildman–Crippen LogP) is 4.87. The van der Waals surface area contributed by atoms with Gasteiger partial charge in [0.05, 0.1) is 0 Å². The molecule has 0 spiro atoms. The summed E-state index contributed by atoms with van der Waals surface area (Å²) in [5.41, 5.74) is 1.82. The molecule has 3 aromatic carbocycles. The minimum Gasteiger partial charge on any atom is -0.507 e. The van der Waals surface area contributed by atoms with Gasteiger partial charge in [-0.15, -0.1) is 0 Å². The van der Waals surface area contributed by atoms with Crippen molar-refractivity contribution in [2.75, 3.05) is 0 Å². The van der Waals surface area contributed by atoms with E-state index in [1.165, 1.54) is 0 Å². The maximum atomic E-state index is 9.96. The Labute approximate surface area is 110 Å². The molecule has 0 aliphatic heterocycles. The van der Waals surface area contributed by atoms with Crippen LogP contribution in [0.1, 0.15) is 0 Å². The summed E-state index contributed by atoms with van der Waals surface area (Å²) in [6.07, 6.45) is 0. The van der Waals surface area contributed by atoms with Crippen LogP contribution in [0.25, 0.3) is 21.9 Å². The average Bonchev–Trinajstić information content (AvgIpc) is 2.40. The number of rotatable bonds is 1. The van der Waals surface area contributed by atoms with Gasteiger partial charge in [-0.2, -0.15) is 0 Å². The second-order valence-corrected chi connectivity index (χ2v) is 4.56. The third-order valence-electron chi connectivity index (χ3n) is 3.06. The van der Waals surface area contributed by atoms with E-state index in [1.54, 1.807) is 6.07 Å². The van der Waals surface area contributed by atoms with E-state index in [1.807, 2.05) is 54.6 Å². The van der Waals surface area contributed by atoms with E-state index in [-0.39, 0.29) is 5.75 Å². The molecule has 0 fully saturated rings. The topological polar surface area (TPSA) is 20.2 Å². The SMILES string of the molecule is Oc1ccccc1-c1cccc2c(Cl)cccc12. The number of hydrogen-bond donors (Lipinski definition) is 1. The lowest BCUT2D eigenvalue weighted by Gasteiger charge is -2.09. The smallest absolute Gasteiger partial charge is 0.123 e. The summed E-state index contributed by atoms with van der Waals surface area (Å²) in [7, 11) is 0. The standard InChI is InChI=1S/C16H11ClO/c17-15-9-4-7-11-12(6-3-8-13(11)15)14-5-1-2-10-16(14)18/h1-10,18H. The highest BCUT2D eigenvalue weighted by molar-refractivity contribution is 6.35. The zero-order valence-electron chi connectivity index (χ0n) is 9.60. The Hall–Kier alpha value is -1.99. The molecule has 0 saturated carbocycles. The van der Waals surface area contributed by atoms with Crippen LogP contribution in [0, 0.1) is 0 Å². The van der Waals surface area contributed by atoms with Crippen molar-refractivity contribution in [1.82, 2.24) is 0 Å². The molecular weight excluding hydrogens is 244 g/mol. The number of para-hydroxylation sites is 1. The van der Waals surface area contributed by atoms with Crippen molar-refractivity contribution in [3.05, 3.63) is 65.7 Å². The number of hydrogen-bond acceptors (Lipinski definition) is 1. The van der Waals surface area contributed by atoms with Gasteiger partial charge >= 0.3 is 0 Å². The van der Waals surface area contributed by atoms with Gasteiger partial charge in [-0.3, -0.25) is 0 Å². The molecule has 3 rings (SSSR count). The Bertz CT molecular complexity index is 719. The third-order valence-corrected chi connectivity index (χ3v) is 3.39. The number of benzene rings is 3. The van der Waals surface area contributed by atoms with E-state index in [0.29, 0.717) is 0 Å². The fourth-order valence-corrected chi connectivity index (χ4v) is 2.45. The van der Waals surface area contributed by atoms with Gasteiger partial charge in [0.2, 0.25) is 0 Å². The maximum Gasteiger partial charge on any atom is 0.123 e. The van der Waals surface area contributed by atoms with Crippen LogP contribution in [0.3, 0.4) is 0 Å². The lowest BCUT2D eigenvalue weighted by molar-refractivity contribution is 0.477. The van der Waals surface area contributed by atoms with Crippen LogP contribution in [0.15, 0.2) is 60.7 Å². The molecular formula is C16H11ClO. The Balaban J connectivity index is 2.37. The van der Waals surface area contributed by atoms with Crippen molar-refractivity contribution < 1.29 is 5.11 Å². The van der Waals surface area contributed by atoms with E-state index >= 15 is 0 Å². The largest absolute Gasteiger partial charge is 0.507 e. The molecule has 2 heteroatoms. The Morgan fingerprint density at radius 1 is 0.667 bits per heavy atom. The van der Waals surface area contributed by atoms with E-state index < -0.39 is 0 Å². The lowest BCUT2D eigenvalue weighted by atomic mass is 9.98. The Kier molecular flexibility index (Phi) is 2.69. The van der Waals surface area contributed by atoms with Crippen molar-refractivity contribution >= 4 is 22.4 Å². The van der Waals surface area contributed by atoms with E-state index in [0.717, 1.165) is 26.9 Å². The van der Waals surface area contributed by atoms with Gasteiger partial charge in [-0.25, -0.2) is 0 Å². The average molecular weight is 255 g/mol. The molecule has 0 bridgehead atoms. The highest BCUT2D eigenvalue weighted by Gasteiger charge is 2.08. The Morgan fingerprint density at radius 2 is 1.33 bits per heavy atom. The predicted molar refractivity (Wildman–Crippen MR) is 76.1 cm³/mol. The van der Waals surface area contributed by atoms with E-state index in [2.05, 4.69) is 0 Å². The fourth-order valence-electron chi connectivity index (χ4n) is 2.21. The molecule has 0 aliphatic carbocycles. The normalized spacial score (nSPS) is 10.7. The van der Waals surface area contributed by atoms with Gasteiger partial charge in [0.1, 0.15) is 5.75 Å². The molecule has 0 aromatic heterocycles. The number of phenols is 1. The van der Waals surface area contributed by atoms with Crippen LogP contribution in [0.4, 0.5) is 0 Å². The van der Waals surface area contributed by atoms with E-state index in [9.17, 15) is 5.11 Å². The summed E-state index contributed by atoms with van der Waals surface area (Å²) in [6.45, 7) is 0. The zero-order valence-corrected chi connectivity index (χ0v) is 10.4. The molecule has 0 radical (unpaired) electrons. The van der Waals surface area contributed by atoms with Crippen molar-refractivity contribution in [1.29, 1.82) is 0 Å². The van der Waals surface area contributed by atoms with Crippen molar-refractivity contribution in [2.45, 2.75) is 0 Å². The van der Waals surface area contributed by atoms with Gasteiger partial charge in [-0.1, -0.05) is 60.1 Å². The van der Waals surface area contributed by atoms with Crippen molar-refractivity contribution in [3.8, 4) is 16.9 Å². The zero-order chi connectivity index (χ0) is 12.5. The van der Waals surface area contributed by atoms with Crippen molar-refractivity contribution in [3.63, 3.8) is 0 Å². The minimum atomic E-state index is 0.282. The number of aromatic hydroxyl groups is 1.